The first-order chi connectivity index (χ1) is 18.3. The third-order valence-electron chi connectivity index (χ3n) is 6.43. The fourth-order valence-corrected chi connectivity index (χ4v) is 4.46. The van der Waals surface area contributed by atoms with E-state index in [1.807, 2.05) is 76.4 Å². The lowest BCUT2D eigenvalue weighted by Crippen LogP contribution is -2.18. The van der Waals surface area contributed by atoms with E-state index in [0.29, 0.717) is 29.1 Å². The number of carbonyl (C=O) groups is 2. The Bertz CT molecular complexity index is 1700. The lowest BCUT2D eigenvalue weighted by molar-refractivity contribution is 0.101. The second kappa shape index (κ2) is 10.3. The Morgan fingerprint density at radius 2 is 1.84 bits per heavy atom. The summed E-state index contributed by atoms with van der Waals surface area (Å²) in [4.78, 5) is 31.0. The molecule has 190 valence electrons. The van der Waals surface area contributed by atoms with E-state index in [9.17, 15) is 9.59 Å². The number of aromatic nitrogens is 5. The summed E-state index contributed by atoms with van der Waals surface area (Å²) in [6, 6.07) is 16.7. The fourth-order valence-electron chi connectivity index (χ4n) is 4.46. The van der Waals surface area contributed by atoms with Gasteiger partial charge in [0.15, 0.2) is 5.78 Å². The van der Waals surface area contributed by atoms with Crippen LogP contribution in [0.2, 0.25) is 0 Å². The number of rotatable bonds is 7. The molecule has 0 aliphatic rings. The number of anilines is 1. The van der Waals surface area contributed by atoms with Crippen molar-refractivity contribution in [2.75, 3.05) is 5.32 Å². The van der Waals surface area contributed by atoms with E-state index in [4.69, 9.17) is 0 Å². The zero-order valence-corrected chi connectivity index (χ0v) is 21.8. The largest absolute Gasteiger partial charge is 0.320 e. The first-order valence-electron chi connectivity index (χ1n) is 12.4. The van der Waals surface area contributed by atoms with Crippen LogP contribution in [-0.4, -0.2) is 36.2 Å². The van der Waals surface area contributed by atoms with Gasteiger partial charge in [-0.15, -0.1) is 0 Å². The van der Waals surface area contributed by atoms with Crippen molar-refractivity contribution in [1.29, 1.82) is 0 Å². The van der Waals surface area contributed by atoms with Crippen LogP contribution in [0.1, 0.15) is 55.8 Å². The minimum absolute atomic E-state index is 0.129. The molecule has 8 nitrogen and oxygen atoms in total. The summed E-state index contributed by atoms with van der Waals surface area (Å²) in [5.41, 5.74) is 6.25. The summed E-state index contributed by atoms with van der Waals surface area (Å²) < 4.78 is 3.40. The molecule has 8 heteroatoms. The summed E-state index contributed by atoms with van der Waals surface area (Å²) in [5, 5.41) is 12.7. The zero-order chi connectivity index (χ0) is 26.8. The molecule has 0 atom stereocenters. The molecule has 1 amide bonds. The summed E-state index contributed by atoms with van der Waals surface area (Å²) in [6.07, 6.45) is 7.19. The number of nitrogens with zero attached hydrogens (tertiary/aromatic N) is 5. The highest BCUT2D eigenvalue weighted by Crippen LogP contribution is 2.25. The van der Waals surface area contributed by atoms with E-state index in [2.05, 4.69) is 20.5 Å². The van der Waals surface area contributed by atoms with Crippen molar-refractivity contribution in [3.8, 4) is 0 Å². The maximum atomic E-state index is 13.7. The summed E-state index contributed by atoms with van der Waals surface area (Å²) in [5.74, 6) is -0.390. The Labute approximate surface area is 220 Å². The molecule has 0 aliphatic heterocycles. The van der Waals surface area contributed by atoms with Crippen LogP contribution in [0.4, 0.5) is 5.69 Å². The molecule has 0 saturated carbocycles. The SMILES string of the molecule is CCn1nc(C)cc1C(=O)Nc1cc(C(=O)c2ccc3cnn(C=Cc4ccccn4)c3c2)c(C)cc1C. The fraction of sp³-hybridized carbons (Fsp3) is 0.167. The number of benzene rings is 2. The summed E-state index contributed by atoms with van der Waals surface area (Å²) in [7, 11) is 0. The number of amides is 1. The molecule has 0 unspecified atom stereocenters. The highest BCUT2D eigenvalue weighted by atomic mass is 16.2. The smallest absolute Gasteiger partial charge is 0.273 e. The Kier molecular flexibility index (Phi) is 6.70. The number of fused-ring (bicyclic) bond motifs is 1. The standard InChI is InChI=1S/C30H28N6O2/c1-5-35-28(15-21(4)34-35)30(38)33-26-17-25(19(2)14-20(26)3)29(37)22-9-10-23-18-32-36(27(23)16-22)13-11-24-8-6-7-12-31-24/h6-18H,5H2,1-4H3,(H,33,38). The second-order valence-electron chi connectivity index (χ2n) is 9.19. The van der Waals surface area contributed by atoms with Gasteiger partial charge in [-0.25, -0.2) is 4.68 Å². The van der Waals surface area contributed by atoms with Gasteiger partial charge in [-0.2, -0.15) is 10.2 Å². The molecule has 2 aromatic carbocycles. The molecular weight excluding hydrogens is 476 g/mol. The van der Waals surface area contributed by atoms with Crippen LogP contribution in [0.3, 0.4) is 0 Å². The first-order valence-corrected chi connectivity index (χ1v) is 12.4. The third-order valence-corrected chi connectivity index (χ3v) is 6.43. The second-order valence-corrected chi connectivity index (χ2v) is 9.19. The van der Waals surface area contributed by atoms with Crippen LogP contribution in [0, 0.1) is 20.8 Å². The van der Waals surface area contributed by atoms with Crippen LogP contribution >= 0.6 is 0 Å². The average molecular weight is 505 g/mol. The summed E-state index contributed by atoms with van der Waals surface area (Å²) in [6.45, 7) is 8.20. The lowest BCUT2D eigenvalue weighted by atomic mass is 9.96. The van der Waals surface area contributed by atoms with Crippen molar-refractivity contribution in [2.24, 2.45) is 0 Å². The molecule has 5 aromatic rings. The van der Waals surface area contributed by atoms with Gasteiger partial charge in [0.2, 0.25) is 0 Å². The number of ketones is 1. The van der Waals surface area contributed by atoms with Gasteiger partial charge in [0.05, 0.1) is 23.1 Å². The number of carbonyl (C=O) groups excluding carboxylic acids is 2. The van der Waals surface area contributed by atoms with E-state index in [-0.39, 0.29) is 11.7 Å². The van der Waals surface area contributed by atoms with E-state index in [1.165, 1.54) is 0 Å². The molecule has 38 heavy (non-hydrogen) atoms. The molecule has 1 N–H and O–H groups in total. The molecular formula is C30H28N6O2. The van der Waals surface area contributed by atoms with Crippen LogP contribution in [0.5, 0.6) is 0 Å². The number of aryl methyl sites for hydroxylation is 4. The monoisotopic (exact) mass is 504 g/mol. The van der Waals surface area contributed by atoms with E-state index >= 15 is 0 Å². The van der Waals surface area contributed by atoms with Crippen LogP contribution in [0.15, 0.2) is 67.0 Å². The third kappa shape index (κ3) is 4.88. The van der Waals surface area contributed by atoms with Crippen molar-refractivity contribution >= 4 is 40.6 Å². The molecule has 0 radical (unpaired) electrons. The van der Waals surface area contributed by atoms with Crippen molar-refractivity contribution < 1.29 is 9.59 Å². The molecule has 5 rings (SSSR count). The van der Waals surface area contributed by atoms with Crippen LogP contribution in [0.25, 0.3) is 23.2 Å². The van der Waals surface area contributed by atoms with Gasteiger partial charge < -0.3 is 5.32 Å². The summed E-state index contributed by atoms with van der Waals surface area (Å²) >= 11 is 0. The van der Waals surface area contributed by atoms with Gasteiger partial charge in [0.1, 0.15) is 5.69 Å². The van der Waals surface area contributed by atoms with E-state index in [0.717, 1.165) is 33.4 Å². The number of hydrogen-bond donors (Lipinski definition) is 1. The van der Waals surface area contributed by atoms with E-state index in [1.54, 1.807) is 40.0 Å². The Morgan fingerprint density at radius 3 is 2.61 bits per heavy atom. The Morgan fingerprint density at radius 1 is 1.00 bits per heavy atom. The van der Waals surface area contributed by atoms with Gasteiger partial charge in [-0.05, 0) is 75.2 Å². The quantitative estimate of drug-likeness (QED) is 0.288. The Balaban J connectivity index is 1.45. The molecule has 0 spiro atoms. The highest BCUT2D eigenvalue weighted by Gasteiger charge is 2.19. The maximum Gasteiger partial charge on any atom is 0.273 e. The van der Waals surface area contributed by atoms with Gasteiger partial charge in [0.25, 0.3) is 5.91 Å². The van der Waals surface area contributed by atoms with Crippen molar-refractivity contribution in [3.05, 3.63) is 106 Å². The van der Waals surface area contributed by atoms with Gasteiger partial charge in [0, 0.05) is 41.1 Å². The van der Waals surface area contributed by atoms with Crippen LogP contribution in [-0.2, 0) is 6.54 Å². The normalized spacial score (nSPS) is 11.4. The van der Waals surface area contributed by atoms with Gasteiger partial charge in [-0.1, -0.05) is 24.3 Å². The molecule has 0 fully saturated rings. The maximum absolute atomic E-state index is 13.7. The predicted octanol–water partition coefficient (Wildman–Crippen LogP) is 5.68. The molecule has 0 bridgehead atoms. The highest BCUT2D eigenvalue weighted by molar-refractivity contribution is 6.12. The number of hydrogen-bond acceptors (Lipinski definition) is 5. The molecule has 0 saturated heterocycles. The lowest BCUT2D eigenvalue weighted by Gasteiger charge is -2.14. The number of pyridine rings is 1. The van der Waals surface area contributed by atoms with Crippen molar-refractivity contribution in [2.45, 2.75) is 34.2 Å². The molecule has 0 aliphatic carbocycles. The zero-order valence-electron chi connectivity index (χ0n) is 21.8. The van der Waals surface area contributed by atoms with Crippen molar-refractivity contribution in [3.63, 3.8) is 0 Å². The number of nitrogens with one attached hydrogen (secondary N) is 1. The van der Waals surface area contributed by atoms with Gasteiger partial charge in [-0.3, -0.25) is 19.3 Å². The predicted molar refractivity (Wildman–Crippen MR) is 149 cm³/mol. The van der Waals surface area contributed by atoms with Gasteiger partial charge >= 0.3 is 0 Å². The van der Waals surface area contributed by atoms with Crippen LogP contribution < -0.4 is 5.32 Å². The Hall–Kier alpha value is -4.85. The van der Waals surface area contributed by atoms with E-state index < -0.39 is 0 Å². The van der Waals surface area contributed by atoms with Crippen molar-refractivity contribution in [1.82, 2.24) is 24.5 Å². The topological polar surface area (TPSA) is 94.7 Å². The minimum Gasteiger partial charge on any atom is -0.320 e. The average Bonchev–Trinajstić information content (AvgIpc) is 3.51. The minimum atomic E-state index is -0.261. The molecule has 3 heterocycles. The molecule has 3 aromatic heterocycles. The first kappa shape index (κ1) is 24.8.